The molecule has 0 saturated carbocycles. The molecule has 0 amide bonds. The molecular formula is C24H25N4O3+. The minimum Gasteiger partial charge on any atom is -0.478 e. The number of benzene rings is 3. The molecule has 0 aromatic heterocycles. The maximum Gasteiger partial charge on any atom is 0.336 e. The average Bonchev–Trinajstić information content (AvgIpc) is 2.76. The van der Waals surface area contributed by atoms with Crippen molar-refractivity contribution in [1.82, 2.24) is 4.58 Å². The average molecular weight is 417 g/mol. The van der Waals surface area contributed by atoms with Gasteiger partial charge in [-0.2, -0.15) is 0 Å². The normalized spacial score (nSPS) is 11.0. The molecule has 1 heterocycles. The maximum atomic E-state index is 12.1. The van der Waals surface area contributed by atoms with Crippen molar-refractivity contribution >= 4 is 28.3 Å². The predicted octanol–water partition coefficient (Wildman–Crippen LogP) is 3.29. The second kappa shape index (κ2) is 7.77. The summed E-state index contributed by atoms with van der Waals surface area (Å²) in [5.41, 5.74) is 7.15. The van der Waals surface area contributed by atoms with Crippen LogP contribution in [-0.4, -0.2) is 39.3 Å². The summed E-state index contributed by atoms with van der Waals surface area (Å²) in [5.74, 6) is 5.17. The number of nitrogens with one attached hydrogen (secondary N) is 1. The lowest BCUT2D eigenvalue weighted by Crippen LogP contribution is -2.21. The van der Waals surface area contributed by atoms with Crippen molar-refractivity contribution in [1.29, 1.82) is 0 Å². The van der Waals surface area contributed by atoms with E-state index in [1.165, 1.54) is 0 Å². The molecule has 4 rings (SSSR count). The van der Waals surface area contributed by atoms with Gasteiger partial charge in [0.2, 0.25) is 5.36 Å². The van der Waals surface area contributed by atoms with Crippen LogP contribution in [0.1, 0.15) is 10.4 Å². The van der Waals surface area contributed by atoms with Crippen LogP contribution in [0.25, 0.3) is 33.4 Å². The first-order valence-electron chi connectivity index (χ1n) is 9.82. The number of hydrazine groups is 1. The fourth-order valence-corrected chi connectivity index (χ4v) is 3.74. The van der Waals surface area contributed by atoms with Crippen molar-refractivity contribution in [2.45, 2.75) is 0 Å². The number of nitrogens with two attached hydrogens (primary N) is 1. The molecule has 4 N–H and O–H groups in total. The van der Waals surface area contributed by atoms with E-state index in [-0.39, 0.29) is 5.56 Å². The lowest BCUT2D eigenvalue weighted by molar-refractivity contribution is 0.0698. The highest BCUT2D eigenvalue weighted by Crippen LogP contribution is 2.42. The highest BCUT2D eigenvalue weighted by atomic mass is 16.4. The SMILES string of the molecule is CN(C)c1ccc2c(-c3ccc(NN)cc3C(=O)O)c3ccc(=[N+](C)C)cc-3oc2c1. The Hall–Kier alpha value is -3.84. The monoisotopic (exact) mass is 417 g/mol. The summed E-state index contributed by atoms with van der Waals surface area (Å²) in [5, 5.41) is 11.8. The van der Waals surface area contributed by atoms with Gasteiger partial charge in [0.05, 0.1) is 11.6 Å². The topological polar surface area (TPSA) is 94.7 Å². The van der Waals surface area contributed by atoms with Crippen molar-refractivity contribution in [3.8, 4) is 22.5 Å². The van der Waals surface area contributed by atoms with E-state index in [4.69, 9.17) is 10.3 Å². The molecule has 7 nitrogen and oxygen atoms in total. The molecule has 1 aliphatic carbocycles. The Morgan fingerprint density at radius 3 is 2.42 bits per heavy atom. The lowest BCUT2D eigenvalue weighted by Gasteiger charge is -2.19. The van der Waals surface area contributed by atoms with Gasteiger partial charge in [-0.05, 0) is 35.9 Å². The number of rotatable bonds is 4. The Morgan fingerprint density at radius 1 is 1.03 bits per heavy atom. The molecular weight excluding hydrogens is 392 g/mol. The van der Waals surface area contributed by atoms with E-state index in [1.54, 1.807) is 18.2 Å². The van der Waals surface area contributed by atoms with E-state index in [1.807, 2.05) is 74.1 Å². The summed E-state index contributed by atoms with van der Waals surface area (Å²) >= 11 is 0. The number of nitrogens with zero attached hydrogens (tertiary/aromatic N) is 2. The molecule has 7 heteroatoms. The first-order valence-corrected chi connectivity index (χ1v) is 9.82. The number of anilines is 2. The zero-order valence-corrected chi connectivity index (χ0v) is 17.9. The predicted molar refractivity (Wildman–Crippen MR) is 124 cm³/mol. The highest BCUT2D eigenvalue weighted by Gasteiger charge is 2.22. The molecule has 0 radical (unpaired) electrons. The van der Waals surface area contributed by atoms with E-state index < -0.39 is 5.97 Å². The van der Waals surface area contributed by atoms with Crippen molar-refractivity contribution in [3.05, 3.63) is 65.5 Å². The van der Waals surface area contributed by atoms with Crippen molar-refractivity contribution in [2.24, 2.45) is 5.84 Å². The van der Waals surface area contributed by atoms with E-state index in [2.05, 4.69) is 5.43 Å². The number of carbonyl (C=O) groups is 1. The zero-order chi connectivity index (χ0) is 22.3. The number of carboxylic acid groups (broad SMARTS) is 1. The second-order valence-electron chi connectivity index (χ2n) is 7.84. The molecule has 2 aliphatic rings. The number of hydrogen-bond acceptors (Lipinski definition) is 5. The van der Waals surface area contributed by atoms with Crippen molar-refractivity contribution < 1.29 is 14.3 Å². The Kier molecular flexibility index (Phi) is 5.12. The third-order valence-electron chi connectivity index (χ3n) is 5.41. The minimum absolute atomic E-state index is 0.164. The summed E-state index contributed by atoms with van der Waals surface area (Å²) in [6.07, 6.45) is 0. The van der Waals surface area contributed by atoms with Gasteiger partial charge in [0.15, 0.2) is 0 Å². The van der Waals surface area contributed by atoms with Crippen molar-refractivity contribution in [3.63, 3.8) is 0 Å². The first-order chi connectivity index (χ1) is 14.8. The van der Waals surface area contributed by atoms with Gasteiger partial charge >= 0.3 is 5.97 Å². The molecule has 0 bridgehead atoms. The van der Waals surface area contributed by atoms with E-state index in [9.17, 15) is 9.90 Å². The molecule has 0 spiro atoms. The van der Waals surface area contributed by atoms with Gasteiger partial charge < -0.3 is 19.8 Å². The molecule has 31 heavy (non-hydrogen) atoms. The van der Waals surface area contributed by atoms with Gasteiger partial charge in [-0.3, -0.25) is 5.84 Å². The summed E-state index contributed by atoms with van der Waals surface area (Å²) < 4.78 is 8.30. The smallest absolute Gasteiger partial charge is 0.336 e. The maximum absolute atomic E-state index is 12.1. The Labute approximate surface area is 180 Å². The molecule has 2 aromatic carbocycles. The van der Waals surface area contributed by atoms with Gasteiger partial charge in [-0.15, -0.1) is 0 Å². The quantitative estimate of drug-likeness (QED) is 0.204. The van der Waals surface area contributed by atoms with Crippen LogP contribution in [0.3, 0.4) is 0 Å². The largest absolute Gasteiger partial charge is 0.478 e. The molecule has 1 aliphatic heterocycles. The van der Waals surface area contributed by atoms with Gasteiger partial charge in [0, 0.05) is 54.1 Å². The van der Waals surface area contributed by atoms with Gasteiger partial charge in [0.25, 0.3) is 0 Å². The van der Waals surface area contributed by atoms with Crippen LogP contribution in [0.5, 0.6) is 0 Å². The Balaban J connectivity index is 2.17. The third kappa shape index (κ3) is 3.60. The van der Waals surface area contributed by atoms with E-state index >= 15 is 0 Å². The third-order valence-corrected chi connectivity index (χ3v) is 5.41. The molecule has 158 valence electrons. The van der Waals surface area contributed by atoms with Crippen LogP contribution in [0.15, 0.2) is 59.0 Å². The van der Waals surface area contributed by atoms with Crippen molar-refractivity contribution in [2.75, 3.05) is 38.5 Å². The van der Waals surface area contributed by atoms with E-state index in [0.29, 0.717) is 22.6 Å². The number of aromatic carboxylic acids is 1. The standard InChI is InChI=1S/C24H24N4O3/c1-27(2)15-6-9-18-21(12-15)31-22-13-16(28(3)4)7-10-19(22)23(18)17-8-5-14(26-25)11-20(17)24(29)30/h5-13H,25H2,1-4H3,(H,29,30)/p+1. The molecule has 0 atom stereocenters. The summed E-state index contributed by atoms with van der Waals surface area (Å²) in [7, 11) is 7.87. The molecule has 0 fully saturated rings. The van der Waals surface area contributed by atoms with Crippen LogP contribution in [0.2, 0.25) is 0 Å². The van der Waals surface area contributed by atoms with Crippen LogP contribution in [0, 0.1) is 0 Å². The fraction of sp³-hybridized carbons (Fsp3) is 0.167. The highest BCUT2D eigenvalue weighted by molar-refractivity contribution is 6.08. The van der Waals surface area contributed by atoms with Crippen LogP contribution >= 0.6 is 0 Å². The van der Waals surface area contributed by atoms with Gasteiger partial charge in [-0.1, -0.05) is 6.07 Å². The lowest BCUT2D eigenvalue weighted by atomic mass is 9.90. The van der Waals surface area contributed by atoms with Crippen LogP contribution < -0.4 is 26.1 Å². The number of hydrogen-bond donors (Lipinski definition) is 3. The van der Waals surface area contributed by atoms with Crippen LogP contribution in [0.4, 0.5) is 11.4 Å². The molecule has 0 unspecified atom stereocenters. The molecule has 2 aromatic rings. The summed E-state index contributed by atoms with van der Waals surface area (Å²) in [6, 6.07) is 17.0. The van der Waals surface area contributed by atoms with E-state index in [0.717, 1.165) is 27.6 Å². The summed E-state index contributed by atoms with van der Waals surface area (Å²) in [4.78, 5) is 14.1. The van der Waals surface area contributed by atoms with Crippen LogP contribution in [-0.2, 0) is 0 Å². The summed E-state index contributed by atoms with van der Waals surface area (Å²) in [6.45, 7) is 0. The van der Waals surface area contributed by atoms with Gasteiger partial charge in [0.1, 0.15) is 25.4 Å². The second-order valence-corrected chi connectivity index (χ2v) is 7.84. The zero-order valence-electron chi connectivity index (χ0n) is 17.9. The number of nitrogen functional groups attached to an aromatic ring is 1. The minimum atomic E-state index is -1.02. The van der Waals surface area contributed by atoms with Gasteiger partial charge in [-0.25, -0.2) is 9.37 Å². The number of carboxylic acids is 1. The Bertz CT molecular complexity index is 1350. The fourth-order valence-electron chi connectivity index (χ4n) is 3.74. The Morgan fingerprint density at radius 2 is 1.77 bits per heavy atom. The number of fused-ring (bicyclic) bond motifs is 2. The first kappa shape index (κ1) is 20.4. The molecule has 0 saturated heterocycles.